The third-order valence-electron chi connectivity index (χ3n) is 2.53. The van der Waals surface area contributed by atoms with Gasteiger partial charge in [-0.1, -0.05) is 28.1 Å². The van der Waals surface area contributed by atoms with Gasteiger partial charge >= 0.3 is 0 Å². The molecule has 0 aliphatic rings. The van der Waals surface area contributed by atoms with Crippen LogP contribution in [0.1, 0.15) is 17.0 Å². The largest absolute Gasteiger partial charge is 0.312 e. The molecule has 0 atom stereocenters. The molecule has 0 bridgehead atoms. The lowest BCUT2D eigenvalue weighted by molar-refractivity contribution is 0.670. The van der Waals surface area contributed by atoms with Gasteiger partial charge in [0.15, 0.2) is 0 Å². The van der Waals surface area contributed by atoms with Gasteiger partial charge in [0, 0.05) is 24.0 Å². The van der Waals surface area contributed by atoms with Crippen molar-refractivity contribution in [3.8, 4) is 0 Å². The van der Waals surface area contributed by atoms with Gasteiger partial charge in [0.05, 0.1) is 0 Å². The fourth-order valence-corrected chi connectivity index (χ4v) is 2.21. The summed E-state index contributed by atoms with van der Waals surface area (Å²) in [6.45, 7) is 3.83. The highest BCUT2D eigenvalue weighted by molar-refractivity contribution is 9.10. The maximum Gasteiger partial charge on any atom is 0.137 e. The van der Waals surface area contributed by atoms with Gasteiger partial charge < -0.3 is 5.32 Å². The van der Waals surface area contributed by atoms with Crippen molar-refractivity contribution in [1.82, 2.24) is 20.5 Å². The zero-order valence-electron chi connectivity index (χ0n) is 9.70. The molecule has 2 rings (SSSR count). The molecule has 0 saturated heterocycles. The van der Waals surface area contributed by atoms with Crippen LogP contribution < -0.4 is 5.32 Å². The monoisotopic (exact) mass is 294 g/mol. The number of nitrogens with one attached hydrogen (secondary N) is 2. The minimum Gasteiger partial charge on any atom is -0.312 e. The zero-order chi connectivity index (χ0) is 12.1. The minimum absolute atomic E-state index is 0.856. The fraction of sp³-hybridized carbons (Fsp3) is 0.333. The first-order valence-corrected chi connectivity index (χ1v) is 6.35. The number of halogens is 1. The molecule has 0 spiro atoms. The van der Waals surface area contributed by atoms with Gasteiger partial charge in [0.2, 0.25) is 0 Å². The van der Waals surface area contributed by atoms with Crippen molar-refractivity contribution in [3.63, 3.8) is 0 Å². The van der Waals surface area contributed by atoms with E-state index in [0.29, 0.717) is 0 Å². The number of hydrogen-bond acceptors (Lipinski definition) is 3. The maximum atomic E-state index is 4.07. The van der Waals surface area contributed by atoms with Crippen LogP contribution in [0.5, 0.6) is 0 Å². The van der Waals surface area contributed by atoms with Crippen LogP contribution in [0.3, 0.4) is 0 Å². The van der Waals surface area contributed by atoms with E-state index in [1.165, 1.54) is 17.5 Å². The number of H-pyrrole nitrogens is 1. The van der Waals surface area contributed by atoms with E-state index in [1.807, 2.05) is 0 Å². The Bertz CT molecular complexity index is 467. The molecule has 0 unspecified atom stereocenters. The minimum atomic E-state index is 0.856. The number of rotatable bonds is 5. The van der Waals surface area contributed by atoms with Crippen molar-refractivity contribution in [2.75, 3.05) is 6.54 Å². The Hall–Kier alpha value is -1.20. The second-order valence-corrected chi connectivity index (χ2v) is 4.81. The molecule has 1 aromatic heterocycles. The Kier molecular flexibility index (Phi) is 4.28. The van der Waals surface area contributed by atoms with Crippen LogP contribution in [-0.2, 0) is 13.0 Å². The number of aromatic nitrogens is 3. The highest BCUT2D eigenvalue weighted by atomic mass is 79.9. The first-order valence-electron chi connectivity index (χ1n) is 5.55. The van der Waals surface area contributed by atoms with Crippen molar-refractivity contribution in [2.24, 2.45) is 0 Å². The normalized spacial score (nSPS) is 10.7. The summed E-state index contributed by atoms with van der Waals surface area (Å²) >= 11 is 3.57. The summed E-state index contributed by atoms with van der Waals surface area (Å²) in [7, 11) is 0. The first-order chi connectivity index (χ1) is 8.25. The molecule has 17 heavy (non-hydrogen) atoms. The van der Waals surface area contributed by atoms with Gasteiger partial charge in [-0.3, -0.25) is 5.10 Å². The molecule has 90 valence electrons. The molecule has 1 aromatic carbocycles. The maximum absolute atomic E-state index is 4.07. The molecule has 4 nitrogen and oxygen atoms in total. The summed E-state index contributed by atoms with van der Waals surface area (Å²) in [5.41, 5.74) is 2.54. The average molecular weight is 295 g/mol. The van der Waals surface area contributed by atoms with Crippen molar-refractivity contribution < 1.29 is 0 Å². The highest BCUT2D eigenvalue weighted by Crippen LogP contribution is 2.17. The van der Waals surface area contributed by atoms with Crippen molar-refractivity contribution in [2.45, 2.75) is 19.9 Å². The van der Waals surface area contributed by atoms with E-state index in [1.54, 1.807) is 0 Å². The van der Waals surface area contributed by atoms with E-state index in [0.717, 1.165) is 29.8 Å². The Morgan fingerprint density at radius 2 is 2.29 bits per heavy atom. The van der Waals surface area contributed by atoms with Crippen LogP contribution >= 0.6 is 15.9 Å². The van der Waals surface area contributed by atoms with Crippen LogP contribution in [0.4, 0.5) is 0 Å². The smallest absolute Gasteiger partial charge is 0.137 e. The second kappa shape index (κ2) is 5.93. The van der Waals surface area contributed by atoms with Gasteiger partial charge in [-0.2, -0.15) is 5.10 Å². The Labute approximate surface area is 109 Å². The summed E-state index contributed by atoms with van der Waals surface area (Å²) in [4.78, 5) is 4.07. The van der Waals surface area contributed by atoms with Gasteiger partial charge in [-0.25, -0.2) is 4.98 Å². The topological polar surface area (TPSA) is 53.6 Å². The van der Waals surface area contributed by atoms with Crippen LogP contribution in [-0.4, -0.2) is 21.7 Å². The lowest BCUT2D eigenvalue weighted by Crippen LogP contribution is -2.17. The van der Waals surface area contributed by atoms with E-state index in [-0.39, 0.29) is 0 Å². The molecule has 2 N–H and O–H groups in total. The summed E-state index contributed by atoms with van der Waals surface area (Å²) in [5.74, 6) is 0.917. The van der Waals surface area contributed by atoms with Crippen molar-refractivity contribution in [1.29, 1.82) is 0 Å². The Balaban J connectivity index is 1.78. The lowest BCUT2D eigenvalue weighted by atomic mass is 10.1. The SMILES string of the molecule is Cc1ccc(CNCCc2ncn[nH]2)c(Br)c1. The number of aromatic amines is 1. The van der Waals surface area contributed by atoms with Gasteiger partial charge in [-0.05, 0) is 24.1 Å². The number of aryl methyl sites for hydroxylation is 1. The summed E-state index contributed by atoms with van der Waals surface area (Å²) in [5, 5.41) is 10.0. The first kappa shape index (κ1) is 12.3. The quantitative estimate of drug-likeness (QED) is 0.832. The average Bonchev–Trinajstić information content (AvgIpc) is 2.79. The molecular formula is C12H15BrN4. The predicted octanol–water partition coefficient (Wildman–Crippen LogP) is 2.21. The molecule has 0 fully saturated rings. The van der Waals surface area contributed by atoms with E-state index in [2.05, 4.69) is 61.6 Å². The van der Waals surface area contributed by atoms with E-state index in [9.17, 15) is 0 Å². The molecule has 5 heteroatoms. The Morgan fingerprint density at radius 3 is 3.00 bits per heavy atom. The summed E-state index contributed by atoms with van der Waals surface area (Å²) in [6, 6.07) is 6.40. The summed E-state index contributed by atoms with van der Waals surface area (Å²) in [6.07, 6.45) is 2.40. The molecule has 0 aliphatic heterocycles. The van der Waals surface area contributed by atoms with Gasteiger partial charge in [0.25, 0.3) is 0 Å². The van der Waals surface area contributed by atoms with Crippen LogP contribution in [0.25, 0.3) is 0 Å². The van der Waals surface area contributed by atoms with Crippen molar-refractivity contribution >= 4 is 15.9 Å². The third-order valence-corrected chi connectivity index (χ3v) is 3.27. The molecule has 2 aromatic rings. The molecule has 0 aliphatic carbocycles. The molecular weight excluding hydrogens is 280 g/mol. The number of hydrogen-bond donors (Lipinski definition) is 2. The van der Waals surface area contributed by atoms with Crippen LogP contribution in [0, 0.1) is 6.92 Å². The molecule has 0 radical (unpaired) electrons. The van der Waals surface area contributed by atoms with E-state index in [4.69, 9.17) is 0 Å². The van der Waals surface area contributed by atoms with E-state index >= 15 is 0 Å². The van der Waals surface area contributed by atoms with Crippen LogP contribution in [0.2, 0.25) is 0 Å². The number of nitrogens with zero attached hydrogens (tertiary/aromatic N) is 2. The third kappa shape index (κ3) is 3.64. The molecule has 1 heterocycles. The summed E-state index contributed by atoms with van der Waals surface area (Å²) < 4.78 is 1.16. The lowest BCUT2D eigenvalue weighted by Gasteiger charge is -2.06. The predicted molar refractivity (Wildman–Crippen MR) is 70.7 cm³/mol. The molecule has 0 saturated carbocycles. The highest BCUT2D eigenvalue weighted by Gasteiger charge is 2.00. The van der Waals surface area contributed by atoms with Gasteiger partial charge in [0.1, 0.15) is 12.2 Å². The van der Waals surface area contributed by atoms with Crippen LogP contribution in [0.15, 0.2) is 29.0 Å². The van der Waals surface area contributed by atoms with Gasteiger partial charge in [-0.15, -0.1) is 0 Å². The second-order valence-electron chi connectivity index (χ2n) is 3.95. The molecule has 0 amide bonds. The standard InChI is InChI=1S/C12H15BrN4/c1-9-2-3-10(11(13)6-9)7-14-5-4-12-15-8-16-17-12/h2-3,6,8,14H,4-5,7H2,1H3,(H,15,16,17). The fourth-order valence-electron chi connectivity index (χ4n) is 1.58. The number of benzene rings is 1. The van der Waals surface area contributed by atoms with Crippen molar-refractivity contribution in [3.05, 3.63) is 46.0 Å². The van der Waals surface area contributed by atoms with E-state index < -0.39 is 0 Å². The zero-order valence-corrected chi connectivity index (χ0v) is 11.3. The Morgan fingerprint density at radius 1 is 1.41 bits per heavy atom.